The molecule has 11 heteroatoms. The topological polar surface area (TPSA) is 107 Å². The molecule has 0 radical (unpaired) electrons. The van der Waals surface area contributed by atoms with Crippen molar-refractivity contribution in [3.05, 3.63) is 59.2 Å². The monoisotopic (exact) mass is 641 g/mol. The van der Waals surface area contributed by atoms with Gasteiger partial charge in [0.05, 0.1) is 46.0 Å². The molecule has 3 atom stereocenters. The summed E-state index contributed by atoms with van der Waals surface area (Å²) in [7, 11) is 3.08. The number of aliphatic carboxylic acids is 1. The van der Waals surface area contributed by atoms with E-state index >= 15 is 0 Å². The van der Waals surface area contributed by atoms with E-state index in [1.807, 2.05) is 34.1 Å². The minimum absolute atomic E-state index is 0.0645. The van der Waals surface area contributed by atoms with E-state index in [0.29, 0.717) is 39.1 Å². The van der Waals surface area contributed by atoms with Crippen LogP contribution < -0.4 is 9.64 Å². The van der Waals surface area contributed by atoms with Crippen molar-refractivity contribution in [3.63, 3.8) is 0 Å². The first-order valence-electron chi connectivity index (χ1n) is 16.3. The quantitative estimate of drug-likeness (QED) is 0.334. The first-order valence-corrected chi connectivity index (χ1v) is 17.9. The molecule has 3 heterocycles. The van der Waals surface area contributed by atoms with E-state index < -0.39 is 28.0 Å². The molecule has 0 unspecified atom stereocenters. The Morgan fingerprint density at radius 3 is 2.62 bits per heavy atom. The Balaban J connectivity index is 1.44. The van der Waals surface area contributed by atoms with Gasteiger partial charge in [0, 0.05) is 55.8 Å². The molecule has 2 aromatic rings. The lowest BCUT2D eigenvalue weighted by Crippen LogP contribution is -2.45. The second-order valence-corrected chi connectivity index (χ2v) is 15.9. The first-order chi connectivity index (χ1) is 21.4. The molecular weight excluding hydrogens is 592 g/mol. The highest BCUT2D eigenvalue weighted by molar-refractivity contribution is 7.89. The number of fused-ring (bicyclic) bond motifs is 1. The fourth-order valence-electron chi connectivity index (χ4n) is 7.19. The molecule has 45 heavy (non-hydrogen) atoms. The lowest BCUT2D eigenvalue weighted by Gasteiger charge is -2.31. The van der Waals surface area contributed by atoms with E-state index in [2.05, 4.69) is 46.3 Å². The summed E-state index contributed by atoms with van der Waals surface area (Å²) in [4.78, 5) is 31.0. The molecule has 0 saturated carbocycles. The summed E-state index contributed by atoms with van der Waals surface area (Å²) in [5, 5.41) is 10.6. The number of carboxylic acid groups (broad SMARTS) is 1. The summed E-state index contributed by atoms with van der Waals surface area (Å²) in [6, 6.07) is 13.6. The second-order valence-electron chi connectivity index (χ2n) is 13.8. The van der Waals surface area contributed by atoms with E-state index in [4.69, 9.17) is 4.74 Å². The maximum atomic E-state index is 14.2. The van der Waals surface area contributed by atoms with Gasteiger partial charge in [-0.2, -0.15) is 0 Å². The number of anilines is 1. The second kappa shape index (κ2) is 13.8. The summed E-state index contributed by atoms with van der Waals surface area (Å²) in [5.41, 5.74) is 4.00. The molecule has 2 fully saturated rings. The van der Waals surface area contributed by atoms with Gasteiger partial charge in [0.1, 0.15) is 12.3 Å². The molecule has 0 aliphatic carbocycles. The molecule has 5 rings (SSSR count). The number of rotatable bonds is 13. The number of unbranched alkanes of at least 4 members (excludes halogenated alkanes) is 1. The van der Waals surface area contributed by atoms with Gasteiger partial charge in [0.15, 0.2) is 0 Å². The minimum Gasteiger partial charge on any atom is -0.493 e. The highest BCUT2D eigenvalue weighted by atomic mass is 32.2. The third-order valence-corrected chi connectivity index (χ3v) is 11.3. The number of hydrogen-bond acceptors (Lipinski definition) is 6. The Morgan fingerprint density at radius 1 is 1.13 bits per heavy atom. The van der Waals surface area contributed by atoms with Gasteiger partial charge in [-0.1, -0.05) is 37.6 Å². The van der Waals surface area contributed by atoms with E-state index in [1.165, 1.54) is 4.31 Å². The predicted octanol–water partition coefficient (Wildman–Crippen LogP) is 3.56. The van der Waals surface area contributed by atoms with Gasteiger partial charge < -0.3 is 19.2 Å². The zero-order valence-corrected chi connectivity index (χ0v) is 28.0. The Morgan fingerprint density at radius 2 is 1.93 bits per heavy atom. The fourth-order valence-corrected chi connectivity index (χ4v) is 8.73. The smallest absolute Gasteiger partial charge is 0.308 e. The van der Waals surface area contributed by atoms with Gasteiger partial charge >= 0.3 is 5.97 Å². The first kappa shape index (κ1) is 33.4. The zero-order chi connectivity index (χ0) is 32.4. The molecule has 0 spiro atoms. The van der Waals surface area contributed by atoms with E-state index in [-0.39, 0.29) is 30.7 Å². The number of hydrogen-bond donors (Lipinski definition) is 1. The van der Waals surface area contributed by atoms with Crippen molar-refractivity contribution in [2.45, 2.75) is 57.5 Å². The van der Waals surface area contributed by atoms with Crippen LogP contribution in [0.3, 0.4) is 0 Å². The molecular formula is C34H49N4O6S+. The van der Waals surface area contributed by atoms with Crippen molar-refractivity contribution in [2.75, 3.05) is 71.1 Å². The average molecular weight is 642 g/mol. The third kappa shape index (κ3) is 7.88. The van der Waals surface area contributed by atoms with Crippen molar-refractivity contribution in [2.24, 2.45) is 5.92 Å². The zero-order valence-electron chi connectivity index (χ0n) is 27.2. The largest absolute Gasteiger partial charge is 0.493 e. The molecule has 3 aliphatic rings. The van der Waals surface area contributed by atoms with Crippen LogP contribution >= 0.6 is 0 Å². The number of carbonyl (C=O) groups excluding carboxylic acids is 1. The molecule has 246 valence electrons. The number of nitrogens with zero attached hydrogens (tertiary/aromatic N) is 4. The number of ether oxygens (including phenoxy) is 1. The average Bonchev–Trinajstić information content (AvgIpc) is 3.67. The van der Waals surface area contributed by atoms with Crippen LogP contribution in [0.2, 0.25) is 0 Å². The van der Waals surface area contributed by atoms with Crippen LogP contribution in [0.5, 0.6) is 5.75 Å². The van der Waals surface area contributed by atoms with Gasteiger partial charge in [-0.3, -0.25) is 14.5 Å². The van der Waals surface area contributed by atoms with Crippen molar-refractivity contribution >= 4 is 27.6 Å². The number of quaternary nitrogens is 1. The van der Waals surface area contributed by atoms with Gasteiger partial charge in [-0.15, -0.1) is 0 Å². The van der Waals surface area contributed by atoms with Crippen LogP contribution in [0.25, 0.3) is 0 Å². The molecule has 2 saturated heterocycles. The van der Waals surface area contributed by atoms with Gasteiger partial charge in [0.25, 0.3) is 0 Å². The highest BCUT2D eigenvalue weighted by Gasteiger charge is 2.48. The predicted molar refractivity (Wildman–Crippen MR) is 175 cm³/mol. The molecule has 1 N–H and O–H groups in total. The number of likely N-dealkylation sites (tertiary alicyclic amines) is 1. The molecule has 2 aromatic carbocycles. The van der Waals surface area contributed by atoms with Crippen LogP contribution in [0, 0.1) is 5.92 Å². The summed E-state index contributed by atoms with van der Waals surface area (Å²) in [6.45, 7) is 5.28. The van der Waals surface area contributed by atoms with Crippen molar-refractivity contribution < 1.29 is 32.3 Å². The molecule has 1 amide bonds. The number of benzene rings is 2. The molecule has 10 nitrogen and oxygen atoms in total. The van der Waals surface area contributed by atoms with Crippen LogP contribution in [-0.4, -0.2) is 111 Å². The molecule has 0 bridgehead atoms. The normalized spacial score (nSPS) is 23.2. The maximum Gasteiger partial charge on any atom is 0.308 e. The number of amides is 1. The van der Waals surface area contributed by atoms with Crippen LogP contribution in [0.4, 0.5) is 5.69 Å². The number of carbonyl (C=O) groups is 2. The standard InChI is InChI=1S/C34H48N4O6S/c1-5-6-16-37(28-10-7-9-25(20-28)24-38(2,3)4)32(39)23-35-22-29(26-11-12-31-27(21-26)14-18-44-31)33(34(40)41)30(35)13-17-36-15-8-19-45(36,42)43/h7,9-12,20-21,29-30,33H,5-6,8,13-19,22-24H2,1-4H3/p+1/t29-,30+,33-/m1/s1. The summed E-state index contributed by atoms with van der Waals surface area (Å²) >= 11 is 0. The summed E-state index contributed by atoms with van der Waals surface area (Å²) in [6.07, 6.45) is 3.49. The van der Waals surface area contributed by atoms with E-state index in [9.17, 15) is 23.1 Å². The van der Waals surface area contributed by atoms with Crippen molar-refractivity contribution in [3.8, 4) is 5.75 Å². The van der Waals surface area contributed by atoms with Crippen LogP contribution in [-0.2, 0) is 32.6 Å². The Kier molecular flexibility index (Phi) is 10.2. The van der Waals surface area contributed by atoms with E-state index in [1.54, 1.807) is 0 Å². The van der Waals surface area contributed by atoms with Crippen molar-refractivity contribution in [1.29, 1.82) is 0 Å². The van der Waals surface area contributed by atoms with Gasteiger partial charge in [-0.05, 0) is 48.6 Å². The SMILES string of the molecule is CCCCN(C(=O)CN1C[C@H](c2ccc3c(c2)CCO3)[C@@H](C(=O)O)[C@@H]1CCN1CCCS1(=O)=O)c1cccc(C[N+](C)(C)C)c1. The van der Waals surface area contributed by atoms with Crippen LogP contribution in [0.1, 0.15) is 55.2 Å². The van der Waals surface area contributed by atoms with E-state index in [0.717, 1.165) is 58.4 Å². The fraction of sp³-hybridized carbons (Fsp3) is 0.588. The lowest BCUT2D eigenvalue weighted by atomic mass is 9.83. The number of sulfonamides is 1. The lowest BCUT2D eigenvalue weighted by molar-refractivity contribution is -0.884. The maximum absolute atomic E-state index is 14.2. The highest BCUT2D eigenvalue weighted by Crippen LogP contribution is 2.41. The summed E-state index contributed by atoms with van der Waals surface area (Å²) < 4.78 is 33.2. The Bertz CT molecular complexity index is 1490. The molecule has 0 aromatic heterocycles. The third-order valence-electron chi connectivity index (χ3n) is 9.31. The Labute approximate surface area is 268 Å². The van der Waals surface area contributed by atoms with Crippen molar-refractivity contribution in [1.82, 2.24) is 9.21 Å². The van der Waals surface area contributed by atoms with Gasteiger partial charge in [-0.25, -0.2) is 12.7 Å². The van der Waals surface area contributed by atoms with Gasteiger partial charge in [0.2, 0.25) is 15.9 Å². The number of carboxylic acids is 1. The summed E-state index contributed by atoms with van der Waals surface area (Å²) in [5.74, 6) is -1.14. The van der Waals surface area contributed by atoms with Crippen LogP contribution in [0.15, 0.2) is 42.5 Å². The Hall–Kier alpha value is -2.99. The minimum atomic E-state index is -3.33. The molecule has 3 aliphatic heterocycles.